The van der Waals surface area contributed by atoms with Crippen molar-refractivity contribution in [2.45, 2.75) is 38.1 Å². The standard InChI is InChI=1S/C15H18F3NO3/c1-13(2,3)22-12(20)19-8-14(21,9-19)10-4-6-11(7-5-10)15(16,17)18/h4-7,21H,8-9H2,1-3H3. The largest absolute Gasteiger partial charge is 0.444 e. The highest BCUT2D eigenvalue weighted by atomic mass is 19.4. The van der Waals surface area contributed by atoms with E-state index in [1.54, 1.807) is 20.8 Å². The van der Waals surface area contributed by atoms with E-state index in [1.807, 2.05) is 0 Å². The van der Waals surface area contributed by atoms with E-state index < -0.39 is 29.0 Å². The van der Waals surface area contributed by atoms with E-state index in [2.05, 4.69) is 0 Å². The van der Waals surface area contributed by atoms with E-state index in [9.17, 15) is 23.1 Å². The lowest BCUT2D eigenvalue weighted by atomic mass is 9.86. The second-order valence-corrected chi connectivity index (χ2v) is 6.44. The van der Waals surface area contributed by atoms with Gasteiger partial charge in [0.05, 0.1) is 18.7 Å². The van der Waals surface area contributed by atoms with Crippen LogP contribution in [0.1, 0.15) is 31.9 Å². The molecule has 0 aliphatic carbocycles. The number of hydrogen-bond donors (Lipinski definition) is 1. The van der Waals surface area contributed by atoms with Gasteiger partial charge in [-0.3, -0.25) is 0 Å². The molecule has 0 aromatic heterocycles. The minimum absolute atomic E-state index is 0.00667. The summed E-state index contributed by atoms with van der Waals surface area (Å²) in [7, 11) is 0. The zero-order valence-corrected chi connectivity index (χ0v) is 12.6. The molecule has 0 spiro atoms. The maximum atomic E-state index is 12.5. The molecule has 1 aliphatic rings. The lowest BCUT2D eigenvalue weighted by Crippen LogP contribution is -2.61. The highest BCUT2D eigenvalue weighted by molar-refractivity contribution is 5.70. The van der Waals surface area contributed by atoms with E-state index in [0.717, 1.165) is 12.1 Å². The van der Waals surface area contributed by atoms with Gasteiger partial charge in [0.15, 0.2) is 0 Å². The summed E-state index contributed by atoms with van der Waals surface area (Å²) in [6.07, 6.45) is -4.97. The summed E-state index contributed by atoms with van der Waals surface area (Å²) < 4.78 is 42.7. The molecule has 0 radical (unpaired) electrons. The van der Waals surface area contributed by atoms with Crippen molar-refractivity contribution >= 4 is 6.09 Å². The number of carbonyl (C=O) groups is 1. The maximum Gasteiger partial charge on any atom is 0.416 e. The molecular weight excluding hydrogens is 299 g/mol. The van der Waals surface area contributed by atoms with Crippen molar-refractivity contribution in [3.05, 3.63) is 35.4 Å². The van der Waals surface area contributed by atoms with Gasteiger partial charge in [0, 0.05) is 0 Å². The van der Waals surface area contributed by atoms with Crippen LogP contribution < -0.4 is 0 Å². The number of halogens is 3. The van der Waals surface area contributed by atoms with Gasteiger partial charge < -0.3 is 14.7 Å². The van der Waals surface area contributed by atoms with E-state index in [4.69, 9.17) is 4.74 Å². The zero-order chi connectivity index (χ0) is 16.8. The minimum atomic E-state index is -4.41. The van der Waals surface area contributed by atoms with E-state index >= 15 is 0 Å². The summed E-state index contributed by atoms with van der Waals surface area (Å²) in [6, 6.07) is 4.30. The molecule has 1 aromatic carbocycles. The Morgan fingerprint density at radius 3 is 2.09 bits per heavy atom. The Labute approximate surface area is 126 Å². The Hall–Kier alpha value is -1.76. The van der Waals surface area contributed by atoms with Crippen molar-refractivity contribution in [2.24, 2.45) is 0 Å². The average molecular weight is 317 g/mol. The lowest BCUT2D eigenvalue weighted by molar-refractivity contribution is -0.137. The molecule has 1 heterocycles. The van der Waals surface area contributed by atoms with Crippen LogP contribution in [0, 0.1) is 0 Å². The number of hydrogen-bond acceptors (Lipinski definition) is 3. The van der Waals surface area contributed by atoms with Gasteiger partial charge in [0.2, 0.25) is 0 Å². The van der Waals surface area contributed by atoms with Crippen LogP contribution >= 0.6 is 0 Å². The maximum absolute atomic E-state index is 12.5. The first kappa shape index (κ1) is 16.6. The van der Waals surface area contributed by atoms with Gasteiger partial charge in [-0.25, -0.2) is 4.79 Å². The Morgan fingerprint density at radius 1 is 1.18 bits per heavy atom. The molecule has 0 saturated carbocycles. The highest BCUT2D eigenvalue weighted by Gasteiger charge is 2.46. The summed E-state index contributed by atoms with van der Waals surface area (Å²) in [6.45, 7) is 5.17. The molecule has 4 nitrogen and oxygen atoms in total. The molecule has 2 rings (SSSR count). The first-order valence-electron chi connectivity index (χ1n) is 6.79. The second kappa shape index (κ2) is 5.15. The number of aliphatic hydroxyl groups is 1. The van der Waals surface area contributed by atoms with Crippen molar-refractivity contribution < 1.29 is 27.8 Å². The first-order chi connectivity index (χ1) is 9.91. The van der Waals surface area contributed by atoms with Crippen LogP contribution in [0.15, 0.2) is 24.3 Å². The number of amides is 1. The molecule has 1 aliphatic heterocycles. The summed E-state index contributed by atoms with van der Waals surface area (Å²) in [5.74, 6) is 0. The third-order valence-corrected chi connectivity index (χ3v) is 3.31. The number of β-amino-alcohol motifs (C(OH)–C–C–N with tert-alkyl or cyclic N) is 1. The van der Waals surface area contributed by atoms with Gasteiger partial charge in [-0.1, -0.05) is 12.1 Å². The topological polar surface area (TPSA) is 49.8 Å². The van der Waals surface area contributed by atoms with Crippen molar-refractivity contribution in [2.75, 3.05) is 13.1 Å². The molecule has 1 N–H and O–H groups in total. The van der Waals surface area contributed by atoms with E-state index in [0.29, 0.717) is 5.56 Å². The normalized spacial score (nSPS) is 17.9. The van der Waals surface area contributed by atoms with Gasteiger partial charge >= 0.3 is 12.3 Å². The van der Waals surface area contributed by atoms with Crippen LogP contribution in [0.3, 0.4) is 0 Å². The number of benzene rings is 1. The van der Waals surface area contributed by atoms with Crippen LogP contribution in [0.4, 0.5) is 18.0 Å². The van der Waals surface area contributed by atoms with E-state index in [-0.39, 0.29) is 13.1 Å². The number of carbonyl (C=O) groups excluding carboxylic acids is 1. The summed E-state index contributed by atoms with van der Waals surface area (Å²) in [4.78, 5) is 13.1. The Kier molecular flexibility index (Phi) is 3.89. The Morgan fingerprint density at radius 2 is 1.68 bits per heavy atom. The molecule has 1 aromatic rings. The van der Waals surface area contributed by atoms with Crippen LogP contribution in [0.25, 0.3) is 0 Å². The third-order valence-electron chi connectivity index (χ3n) is 3.31. The predicted molar refractivity (Wildman–Crippen MR) is 73.1 cm³/mol. The van der Waals surface area contributed by atoms with Gasteiger partial charge in [-0.05, 0) is 38.5 Å². The molecule has 0 unspecified atom stereocenters. The fraction of sp³-hybridized carbons (Fsp3) is 0.533. The molecule has 1 amide bonds. The fourth-order valence-corrected chi connectivity index (χ4v) is 2.19. The van der Waals surface area contributed by atoms with Crippen LogP contribution in [-0.2, 0) is 16.5 Å². The number of rotatable bonds is 1. The second-order valence-electron chi connectivity index (χ2n) is 6.44. The van der Waals surface area contributed by atoms with E-state index in [1.165, 1.54) is 17.0 Å². The highest BCUT2D eigenvalue weighted by Crippen LogP contribution is 2.35. The molecular formula is C15H18F3NO3. The minimum Gasteiger partial charge on any atom is -0.444 e. The summed E-state index contributed by atoms with van der Waals surface area (Å²) >= 11 is 0. The molecule has 122 valence electrons. The van der Waals surface area contributed by atoms with Gasteiger partial charge in [0.25, 0.3) is 0 Å². The Bertz CT molecular complexity index is 555. The lowest BCUT2D eigenvalue weighted by Gasteiger charge is -2.46. The summed E-state index contributed by atoms with van der Waals surface area (Å²) in [5.41, 5.74) is -2.40. The molecule has 0 bridgehead atoms. The molecule has 0 atom stereocenters. The van der Waals surface area contributed by atoms with Crippen LogP contribution in [-0.4, -0.2) is 34.8 Å². The fourth-order valence-electron chi connectivity index (χ4n) is 2.19. The predicted octanol–water partition coefficient (Wildman–Crippen LogP) is 3.14. The van der Waals surface area contributed by atoms with Gasteiger partial charge in [-0.15, -0.1) is 0 Å². The molecule has 1 saturated heterocycles. The van der Waals surface area contributed by atoms with Crippen molar-refractivity contribution in [1.82, 2.24) is 4.90 Å². The van der Waals surface area contributed by atoms with Crippen molar-refractivity contribution in [3.63, 3.8) is 0 Å². The summed E-state index contributed by atoms with van der Waals surface area (Å²) in [5, 5.41) is 10.4. The number of likely N-dealkylation sites (tertiary alicyclic amines) is 1. The quantitative estimate of drug-likeness (QED) is 0.865. The monoisotopic (exact) mass is 317 g/mol. The third kappa shape index (κ3) is 3.52. The van der Waals surface area contributed by atoms with Gasteiger partial charge in [-0.2, -0.15) is 13.2 Å². The Balaban J connectivity index is 2.02. The molecule has 7 heteroatoms. The average Bonchev–Trinajstić information content (AvgIpc) is 2.32. The van der Waals surface area contributed by atoms with Gasteiger partial charge in [0.1, 0.15) is 11.2 Å². The number of alkyl halides is 3. The zero-order valence-electron chi connectivity index (χ0n) is 12.6. The smallest absolute Gasteiger partial charge is 0.416 e. The SMILES string of the molecule is CC(C)(C)OC(=O)N1CC(O)(c2ccc(C(F)(F)F)cc2)C1. The van der Waals surface area contributed by atoms with Crippen molar-refractivity contribution in [1.29, 1.82) is 0 Å². The molecule has 22 heavy (non-hydrogen) atoms. The van der Waals surface area contributed by atoms with Crippen LogP contribution in [0.2, 0.25) is 0 Å². The van der Waals surface area contributed by atoms with Crippen molar-refractivity contribution in [3.8, 4) is 0 Å². The first-order valence-corrected chi connectivity index (χ1v) is 6.79. The number of nitrogens with zero attached hydrogens (tertiary/aromatic N) is 1. The molecule has 1 fully saturated rings. The number of ether oxygens (including phenoxy) is 1. The van der Waals surface area contributed by atoms with Crippen LogP contribution in [0.5, 0.6) is 0 Å².